The van der Waals surface area contributed by atoms with Crippen LogP contribution in [0.4, 0.5) is 5.13 Å². The lowest BCUT2D eigenvalue weighted by Gasteiger charge is -2.20. The minimum absolute atomic E-state index is 0.109. The third-order valence-electron chi connectivity index (χ3n) is 5.15. The molecule has 0 saturated carbocycles. The molecule has 0 fully saturated rings. The molecule has 1 amide bonds. The Bertz CT molecular complexity index is 1380. The van der Waals surface area contributed by atoms with Crippen molar-refractivity contribution in [3.63, 3.8) is 0 Å². The molecule has 8 heteroatoms. The number of amides is 1. The van der Waals surface area contributed by atoms with Crippen molar-refractivity contribution in [1.82, 2.24) is 9.97 Å². The fraction of sp³-hybridized carbons (Fsp3) is 0.208. The highest BCUT2D eigenvalue weighted by atomic mass is 32.2. The van der Waals surface area contributed by atoms with Crippen LogP contribution in [0.2, 0.25) is 0 Å². The molecule has 6 nitrogen and oxygen atoms in total. The van der Waals surface area contributed by atoms with E-state index in [1.807, 2.05) is 26.0 Å². The summed E-state index contributed by atoms with van der Waals surface area (Å²) in [5.41, 5.74) is 4.84. The van der Waals surface area contributed by atoms with Gasteiger partial charge in [0.25, 0.3) is 0 Å². The Morgan fingerprint density at radius 1 is 1.00 bits per heavy atom. The number of anilines is 1. The Morgan fingerprint density at radius 2 is 1.69 bits per heavy atom. The van der Waals surface area contributed by atoms with Crippen LogP contribution in [0.25, 0.3) is 10.2 Å². The maximum Gasteiger partial charge on any atom is 0.233 e. The van der Waals surface area contributed by atoms with Gasteiger partial charge in [-0.2, -0.15) is 0 Å². The molecule has 2 aromatic heterocycles. The van der Waals surface area contributed by atoms with Crippen LogP contribution in [0, 0.1) is 13.8 Å². The third kappa shape index (κ3) is 4.87. The summed E-state index contributed by atoms with van der Waals surface area (Å²) in [6.07, 6.45) is 4.71. The number of fused-ring (bicyclic) bond motifs is 1. The first-order chi connectivity index (χ1) is 15.2. The minimum Gasteiger partial charge on any atom is -0.283 e. The predicted molar refractivity (Wildman–Crippen MR) is 128 cm³/mol. The van der Waals surface area contributed by atoms with Gasteiger partial charge in [0.05, 0.1) is 28.1 Å². The van der Waals surface area contributed by atoms with Gasteiger partial charge in [0.15, 0.2) is 15.0 Å². The highest BCUT2D eigenvalue weighted by molar-refractivity contribution is 7.90. The molecule has 0 aliphatic rings. The summed E-state index contributed by atoms with van der Waals surface area (Å²) in [4.78, 5) is 24.2. The highest BCUT2D eigenvalue weighted by Gasteiger charge is 2.21. The number of hydrogen-bond donors (Lipinski definition) is 0. The summed E-state index contributed by atoms with van der Waals surface area (Å²) in [5.74, 6) is -0.109. The van der Waals surface area contributed by atoms with Crippen LogP contribution in [0.15, 0.2) is 65.8 Å². The number of aryl methyl sites for hydroxylation is 2. The van der Waals surface area contributed by atoms with Gasteiger partial charge in [-0.1, -0.05) is 29.5 Å². The molecule has 0 atom stereocenters. The van der Waals surface area contributed by atoms with Crippen molar-refractivity contribution in [3.8, 4) is 0 Å². The third-order valence-corrected chi connectivity index (χ3v) is 7.30. The summed E-state index contributed by atoms with van der Waals surface area (Å²) in [6.45, 7) is 4.45. The van der Waals surface area contributed by atoms with Crippen molar-refractivity contribution in [2.24, 2.45) is 0 Å². The lowest BCUT2D eigenvalue weighted by Crippen LogP contribution is -2.31. The molecule has 2 heterocycles. The largest absolute Gasteiger partial charge is 0.283 e. The Morgan fingerprint density at radius 3 is 2.34 bits per heavy atom. The zero-order valence-corrected chi connectivity index (χ0v) is 19.7. The minimum atomic E-state index is -3.28. The van der Waals surface area contributed by atoms with Crippen molar-refractivity contribution in [3.05, 3.63) is 83.2 Å². The molecule has 164 valence electrons. The van der Waals surface area contributed by atoms with E-state index < -0.39 is 9.84 Å². The molecular formula is C24H23N3O3S2. The van der Waals surface area contributed by atoms with Gasteiger partial charge in [0.2, 0.25) is 5.91 Å². The Hall–Kier alpha value is -3.10. The number of hydrogen-bond acceptors (Lipinski definition) is 6. The first-order valence-corrected chi connectivity index (χ1v) is 12.8. The van der Waals surface area contributed by atoms with E-state index >= 15 is 0 Å². The molecule has 0 N–H and O–H groups in total. The maximum atomic E-state index is 13.4. The molecule has 0 bridgehead atoms. The van der Waals surface area contributed by atoms with E-state index in [4.69, 9.17) is 4.98 Å². The second-order valence-electron chi connectivity index (χ2n) is 7.85. The molecule has 0 aliphatic carbocycles. The number of carbonyl (C=O) groups excluding carboxylic acids is 1. The number of pyridine rings is 1. The lowest BCUT2D eigenvalue weighted by molar-refractivity contribution is -0.118. The quantitative estimate of drug-likeness (QED) is 0.419. The standard InChI is InChI=1S/C24H23N3O3S2/c1-16-12-17(2)23-21(13-16)31-24(26-23)27(15-19-8-10-25-11-9-19)22(28)14-18-4-6-20(7-5-18)32(3,29)30/h4-13H,14-15H2,1-3H3. The fourth-order valence-electron chi connectivity index (χ4n) is 3.53. The molecule has 0 spiro atoms. The van der Waals surface area contributed by atoms with E-state index in [9.17, 15) is 13.2 Å². The summed E-state index contributed by atoms with van der Waals surface area (Å²) in [6, 6.07) is 14.4. The zero-order chi connectivity index (χ0) is 22.9. The number of thiazole rings is 1. The zero-order valence-electron chi connectivity index (χ0n) is 18.1. The Balaban J connectivity index is 1.68. The lowest BCUT2D eigenvalue weighted by atomic mass is 10.1. The molecule has 32 heavy (non-hydrogen) atoms. The number of aromatic nitrogens is 2. The Kier molecular flexibility index (Phi) is 6.08. The average molecular weight is 466 g/mol. The van der Waals surface area contributed by atoms with Crippen LogP contribution in [-0.4, -0.2) is 30.5 Å². The van der Waals surface area contributed by atoms with E-state index in [1.165, 1.54) is 29.7 Å². The van der Waals surface area contributed by atoms with Gasteiger partial charge < -0.3 is 0 Å². The summed E-state index contributed by atoms with van der Waals surface area (Å²) < 4.78 is 24.5. The highest BCUT2D eigenvalue weighted by Crippen LogP contribution is 2.33. The second-order valence-corrected chi connectivity index (χ2v) is 10.9. The smallest absolute Gasteiger partial charge is 0.233 e. The van der Waals surface area contributed by atoms with Gasteiger partial charge in [0, 0.05) is 18.6 Å². The van der Waals surface area contributed by atoms with E-state index in [0.717, 1.165) is 32.5 Å². The van der Waals surface area contributed by atoms with Crippen molar-refractivity contribution in [2.75, 3.05) is 11.2 Å². The average Bonchev–Trinajstić information content (AvgIpc) is 3.16. The summed E-state index contributed by atoms with van der Waals surface area (Å²) >= 11 is 1.50. The SMILES string of the molecule is Cc1cc(C)c2nc(N(Cc3ccncc3)C(=O)Cc3ccc(S(C)(=O)=O)cc3)sc2c1. The molecule has 0 aliphatic heterocycles. The normalized spacial score (nSPS) is 11.6. The van der Waals surface area contributed by atoms with Crippen LogP contribution in [-0.2, 0) is 27.6 Å². The van der Waals surface area contributed by atoms with Gasteiger partial charge in [-0.15, -0.1) is 0 Å². The first kappa shape index (κ1) is 22.1. The predicted octanol–water partition coefficient (Wildman–Crippen LogP) is 4.49. The molecule has 0 unspecified atom stereocenters. The van der Waals surface area contributed by atoms with E-state index in [1.54, 1.807) is 29.4 Å². The van der Waals surface area contributed by atoms with Crippen molar-refractivity contribution in [1.29, 1.82) is 0 Å². The number of sulfone groups is 1. The van der Waals surface area contributed by atoms with Crippen LogP contribution >= 0.6 is 11.3 Å². The van der Waals surface area contributed by atoms with Gasteiger partial charge in [0.1, 0.15) is 0 Å². The first-order valence-electron chi connectivity index (χ1n) is 10.1. The number of nitrogens with zero attached hydrogens (tertiary/aromatic N) is 3. The van der Waals surface area contributed by atoms with Gasteiger partial charge in [-0.25, -0.2) is 13.4 Å². The number of rotatable bonds is 6. The van der Waals surface area contributed by atoms with Crippen LogP contribution in [0.5, 0.6) is 0 Å². The topological polar surface area (TPSA) is 80.2 Å². The number of carbonyl (C=O) groups is 1. The van der Waals surface area contributed by atoms with E-state index in [2.05, 4.69) is 17.1 Å². The number of benzene rings is 2. The fourth-order valence-corrected chi connectivity index (χ4v) is 5.32. The van der Waals surface area contributed by atoms with Gasteiger partial charge in [-0.05, 0) is 66.4 Å². The van der Waals surface area contributed by atoms with Crippen LogP contribution in [0.1, 0.15) is 22.3 Å². The molecule has 0 radical (unpaired) electrons. The molecule has 2 aromatic carbocycles. The van der Waals surface area contributed by atoms with Gasteiger partial charge >= 0.3 is 0 Å². The van der Waals surface area contributed by atoms with E-state index in [0.29, 0.717) is 11.7 Å². The molecule has 4 aromatic rings. The van der Waals surface area contributed by atoms with Crippen molar-refractivity contribution >= 4 is 42.4 Å². The molecule has 4 rings (SSSR count). The van der Waals surface area contributed by atoms with Crippen LogP contribution in [0.3, 0.4) is 0 Å². The van der Waals surface area contributed by atoms with E-state index in [-0.39, 0.29) is 17.2 Å². The van der Waals surface area contributed by atoms with Crippen molar-refractivity contribution in [2.45, 2.75) is 31.7 Å². The van der Waals surface area contributed by atoms with Crippen molar-refractivity contribution < 1.29 is 13.2 Å². The second kappa shape index (κ2) is 8.80. The molecular weight excluding hydrogens is 442 g/mol. The molecule has 0 saturated heterocycles. The Labute approximate surface area is 191 Å². The summed E-state index contributed by atoms with van der Waals surface area (Å²) in [5, 5.41) is 0.642. The summed E-state index contributed by atoms with van der Waals surface area (Å²) in [7, 11) is -3.28. The monoisotopic (exact) mass is 465 g/mol. The van der Waals surface area contributed by atoms with Crippen LogP contribution < -0.4 is 4.90 Å². The van der Waals surface area contributed by atoms with Gasteiger partial charge in [-0.3, -0.25) is 14.7 Å². The maximum absolute atomic E-state index is 13.4.